The van der Waals surface area contributed by atoms with Crippen LogP contribution in [0.5, 0.6) is 0 Å². The van der Waals surface area contributed by atoms with E-state index in [0.717, 1.165) is 9.99 Å². The van der Waals surface area contributed by atoms with Crippen LogP contribution in [0.25, 0.3) is 0 Å². The minimum absolute atomic E-state index is 0.107. The first kappa shape index (κ1) is 12.2. The molecule has 0 aliphatic heterocycles. The predicted octanol–water partition coefficient (Wildman–Crippen LogP) is 1.85. The van der Waals surface area contributed by atoms with Crippen molar-refractivity contribution in [3.05, 3.63) is 31.2 Å². The van der Waals surface area contributed by atoms with E-state index < -0.39 is 11.5 Å². The van der Waals surface area contributed by atoms with Crippen molar-refractivity contribution in [2.24, 2.45) is 0 Å². The molecule has 0 bridgehead atoms. The Morgan fingerprint density at radius 2 is 2.27 bits per heavy atom. The number of aromatic amines is 1. The molecule has 1 aromatic heterocycles. The number of aromatic nitrogens is 1. The SMILES string of the molecule is CCCOC(=O)c1c(C)c(I)c[nH]c1=O. The Balaban J connectivity index is 3.08. The second-order valence-corrected chi connectivity index (χ2v) is 4.26. The molecule has 0 spiro atoms. The molecule has 4 nitrogen and oxygen atoms in total. The largest absolute Gasteiger partial charge is 0.462 e. The lowest BCUT2D eigenvalue weighted by Crippen LogP contribution is -2.22. The van der Waals surface area contributed by atoms with Gasteiger partial charge in [0, 0.05) is 9.77 Å². The van der Waals surface area contributed by atoms with Gasteiger partial charge >= 0.3 is 5.97 Å². The van der Waals surface area contributed by atoms with Crippen molar-refractivity contribution in [2.45, 2.75) is 20.3 Å². The Labute approximate surface area is 101 Å². The predicted molar refractivity (Wildman–Crippen MR) is 65.1 cm³/mol. The number of hydrogen-bond donors (Lipinski definition) is 1. The Hall–Kier alpha value is -0.850. The summed E-state index contributed by atoms with van der Waals surface area (Å²) in [7, 11) is 0. The van der Waals surface area contributed by atoms with E-state index >= 15 is 0 Å². The van der Waals surface area contributed by atoms with Crippen molar-refractivity contribution in [3.8, 4) is 0 Å². The Morgan fingerprint density at radius 3 is 2.87 bits per heavy atom. The maximum atomic E-state index is 11.6. The van der Waals surface area contributed by atoms with E-state index in [1.165, 1.54) is 0 Å². The molecule has 0 saturated carbocycles. The lowest BCUT2D eigenvalue weighted by Gasteiger charge is -2.06. The van der Waals surface area contributed by atoms with Crippen molar-refractivity contribution in [1.29, 1.82) is 0 Å². The molecule has 1 heterocycles. The highest BCUT2D eigenvalue weighted by Gasteiger charge is 2.16. The fourth-order valence-corrected chi connectivity index (χ4v) is 1.54. The minimum atomic E-state index is -0.547. The molecule has 1 rings (SSSR count). The van der Waals surface area contributed by atoms with Gasteiger partial charge in [-0.15, -0.1) is 0 Å². The number of nitrogens with one attached hydrogen (secondary N) is 1. The van der Waals surface area contributed by atoms with Crippen molar-refractivity contribution >= 4 is 28.6 Å². The molecule has 0 unspecified atom stereocenters. The lowest BCUT2D eigenvalue weighted by atomic mass is 10.1. The van der Waals surface area contributed by atoms with E-state index in [-0.39, 0.29) is 5.56 Å². The van der Waals surface area contributed by atoms with Gasteiger partial charge in [-0.3, -0.25) is 4.79 Å². The summed E-state index contributed by atoms with van der Waals surface area (Å²) in [6.45, 7) is 3.97. The van der Waals surface area contributed by atoms with Gasteiger partial charge in [-0.25, -0.2) is 4.79 Å². The van der Waals surface area contributed by atoms with Crippen molar-refractivity contribution in [1.82, 2.24) is 4.98 Å². The zero-order valence-electron chi connectivity index (χ0n) is 8.59. The number of rotatable bonds is 3. The van der Waals surface area contributed by atoms with Gasteiger partial charge in [0.25, 0.3) is 5.56 Å². The van der Waals surface area contributed by atoms with Crippen LogP contribution in [0.3, 0.4) is 0 Å². The summed E-state index contributed by atoms with van der Waals surface area (Å²) >= 11 is 2.06. The van der Waals surface area contributed by atoms with E-state index in [4.69, 9.17) is 4.74 Å². The van der Waals surface area contributed by atoms with Crippen LogP contribution in [0, 0.1) is 10.5 Å². The van der Waals surface area contributed by atoms with Crippen molar-refractivity contribution < 1.29 is 9.53 Å². The molecule has 0 fully saturated rings. The van der Waals surface area contributed by atoms with Crippen LogP contribution in [-0.4, -0.2) is 17.6 Å². The molecule has 1 N–H and O–H groups in total. The standard InChI is InChI=1S/C10H12INO3/c1-3-4-15-10(14)8-6(2)7(11)5-12-9(8)13/h5H,3-4H2,1-2H3,(H,12,13). The second-order valence-electron chi connectivity index (χ2n) is 3.10. The van der Waals surface area contributed by atoms with Gasteiger partial charge in [0.05, 0.1) is 6.61 Å². The van der Waals surface area contributed by atoms with Gasteiger partial charge in [0.15, 0.2) is 0 Å². The molecule has 0 amide bonds. The first-order valence-electron chi connectivity index (χ1n) is 4.62. The summed E-state index contributed by atoms with van der Waals surface area (Å²) in [5, 5.41) is 0. The second kappa shape index (κ2) is 5.29. The summed E-state index contributed by atoms with van der Waals surface area (Å²) in [6, 6.07) is 0. The fourth-order valence-electron chi connectivity index (χ4n) is 1.11. The number of esters is 1. The van der Waals surface area contributed by atoms with Crippen molar-refractivity contribution in [3.63, 3.8) is 0 Å². The highest BCUT2D eigenvalue weighted by Crippen LogP contribution is 2.12. The van der Waals surface area contributed by atoms with Crippen LogP contribution >= 0.6 is 22.6 Å². The normalized spacial score (nSPS) is 10.1. The quantitative estimate of drug-likeness (QED) is 0.683. The topological polar surface area (TPSA) is 59.2 Å². The molecule has 82 valence electrons. The van der Waals surface area contributed by atoms with Gasteiger partial charge in [-0.1, -0.05) is 6.92 Å². The highest BCUT2D eigenvalue weighted by molar-refractivity contribution is 14.1. The number of carbonyl (C=O) groups excluding carboxylic acids is 1. The number of pyridine rings is 1. The molecule has 0 aliphatic carbocycles. The van der Waals surface area contributed by atoms with Gasteiger partial charge in [0.1, 0.15) is 5.56 Å². The van der Waals surface area contributed by atoms with Gasteiger partial charge in [-0.05, 0) is 41.5 Å². The summed E-state index contributed by atoms with van der Waals surface area (Å²) in [5.41, 5.74) is 0.379. The third-order valence-corrected chi connectivity index (χ3v) is 3.05. The summed E-state index contributed by atoms with van der Waals surface area (Å²) < 4.78 is 5.77. The van der Waals surface area contributed by atoms with E-state index in [1.54, 1.807) is 13.1 Å². The van der Waals surface area contributed by atoms with E-state index in [0.29, 0.717) is 12.2 Å². The number of carbonyl (C=O) groups is 1. The summed E-state index contributed by atoms with van der Waals surface area (Å²) in [4.78, 5) is 25.5. The molecule has 0 saturated heterocycles. The van der Waals surface area contributed by atoms with Gasteiger partial charge in [0.2, 0.25) is 0 Å². The smallest absolute Gasteiger partial charge is 0.344 e. The third kappa shape index (κ3) is 2.80. The molecule has 0 radical (unpaired) electrons. The van der Waals surface area contributed by atoms with Crippen LogP contribution in [0.2, 0.25) is 0 Å². The minimum Gasteiger partial charge on any atom is -0.462 e. The molecule has 5 heteroatoms. The zero-order valence-corrected chi connectivity index (χ0v) is 10.8. The molecular weight excluding hydrogens is 309 g/mol. The number of halogens is 1. The molecule has 0 aliphatic rings. The molecule has 0 aromatic carbocycles. The molecule has 0 atom stereocenters. The van der Waals surface area contributed by atoms with Crippen molar-refractivity contribution in [2.75, 3.05) is 6.61 Å². The highest BCUT2D eigenvalue weighted by atomic mass is 127. The van der Waals surface area contributed by atoms with Crippen LogP contribution in [0.15, 0.2) is 11.0 Å². The van der Waals surface area contributed by atoms with E-state index in [2.05, 4.69) is 27.6 Å². The number of hydrogen-bond acceptors (Lipinski definition) is 3. The first-order valence-corrected chi connectivity index (χ1v) is 5.70. The van der Waals surface area contributed by atoms with Crippen LogP contribution in [0.1, 0.15) is 29.3 Å². The van der Waals surface area contributed by atoms with Gasteiger partial charge < -0.3 is 9.72 Å². The maximum absolute atomic E-state index is 11.6. The lowest BCUT2D eigenvalue weighted by molar-refractivity contribution is 0.0502. The van der Waals surface area contributed by atoms with Crippen LogP contribution in [0.4, 0.5) is 0 Å². The zero-order chi connectivity index (χ0) is 11.4. The van der Waals surface area contributed by atoms with E-state index in [1.807, 2.05) is 6.92 Å². The Bertz CT molecular complexity index is 425. The number of H-pyrrole nitrogens is 1. The summed E-state index contributed by atoms with van der Waals surface area (Å²) in [6.07, 6.45) is 2.32. The average Bonchev–Trinajstić information content (AvgIpc) is 2.21. The average molecular weight is 321 g/mol. The van der Waals surface area contributed by atoms with Crippen LogP contribution < -0.4 is 5.56 Å². The number of ether oxygens (including phenoxy) is 1. The Kier molecular flexibility index (Phi) is 4.31. The third-order valence-electron chi connectivity index (χ3n) is 1.93. The fraction of sp³-hybridized carbons (Fsp3) is 0.400. The van der Waals surface area contributed by atoms with Crippen LogP contribution in [-0.2, 0) is 4.74 Å². The Morgan fingerprint density at radius 1 is 1.60 bits per heavy atom. The molecular formula is C10H12INO3. The first-order chi connectivity index (χ1) is 7.07. The maximum Gasteiger partial charge on any atom is 0.344 e. The summed E-state index contributed by atoms with van der Waals surface area (Å²) in [5.74, 6) is -0.547. The molecule has 1 aromatic rings. The monoisotopic (exact) mass is 321 g/mol. The van der Waals surface area contributed by atoms with E-state index in [9.17, 15) is 9.59 Å². The van der Waals surface area contributed by atoms with Gasteiger partial charge in [-0.2, -0.15) is 0 Å². The molecule has 15 heavy (non-hydrogen) atoms.